The predicted molar refractivity (Wildman–Crippen MR) is 65.3 cm³/mol. The topological polar surface area (TPSA) is 56.5 Å². The molecule has 1 fully saturated rings. The van der Waals surface area contributed by atoms with Gasteiger partial charge in [-0.3, -0.25) is 9.20 Å². The fraction of sp³-hybridized carbons (Fsp3) is 0.462. The van der Waals surface area contributed by atoms with Crippen LogP contribution in [0.25, 0.3) is 5.65 Å². The Kier molecular flexibility index (Phi) is 2.36. The van der Waals surface area contributed by atoms with Crippen molar-refractivity contribution >= 4 is 11.6 Å². The third-order valence-electron chi connectivity index (χ3n) is 3.41. The van der Waals surface area contributed by atoms with Gasteiger partial charge in [-0.1, -0.05) is 0 Å². The average Bonchev–Trinajstić information content (AvgIpc) is 3.05. The molecule has 0 aliphatic heterocycles. The maximum absolute atomic E-state index is 12.0. The number of hydrogen-bond donors (Lipinski definition) is 0. The Hall–Kier alpha value is -1.91. The van der Waals surface area contributed by atoms with Gasteiger partial charge in [0.1, 0.15) is 5.41 Å². The summed E-state index contributed by atoms with van der Waals surface area (Å²) in [7, 11) is 0. The average molecular weight is 245 g/mol. The van der Waals surface area contributed by atoms with Gasteiger partial charge >= 0.3 is 5.97 Å². The van der Waals surface area contributed by atoms with Gasteiger partial charge in [-0.15, -0.1) is 10.2 Å². The molecule has 0 aromatic carbocycles. The first kappa shape index (κ1) is 11.2. The molecule has 0 unspecified atom stereocenters. The van der Waals surface area contributed by atoms with E-state index in [4.69, 9.17) is 4.74 Å². The number of aromatic nitrogens is 3. The monoisotopic (exact) mass is 245 g/mol. The number of esters is 1. The predicted octanol–water partition coefficient (Wildman–Crippen LogP) is 1.63. The van der Waals surface area contributed by atoms with E-state index in [1.165, 1.54) is 0 Å². The highest BCUT2D eigenvalue weighted by atomic mass is 16.5. The molecule has 0 saturated heterocycles. The lowest BCUT2D eigenvalue weighted by atomic mass is 10.1. The van der Waals surface area contributed by atoms with E-state index in [-0.39, 0.29) is 5.97 Å². The van der Waals surface area contributed by atoms with Crippen molar-refractivity contribution in [2.45, 2.75) is 32.1 Å². The lowest BCUT2D eigenvalue weighted by Crippen LogP contribution is -2.25. The number of pyridine rings is 1. The molecule has 0 bridgehead atoms. The normalized spacial score (nSPS) is 16.8. The Bertz CT molecular complexity index is 614. The van der Waals surface area contributed by atoms with Crippen molar-refractivity contribution in [3.63, 3.8) is 0 Å². The molecule has 5 nitrogen and oxygen atoms in total. The van der Waals surface area contributed by atoms with Crippen LogP contribution in [0, 0.1) is 6.92 Å². The van der Waals surface area contributed by atoms with E-state index in [1.54, 1.807) is 0 Å². The minimum Gasteiger partial charge on any atom is -0.465 e. The summed E-state index contributed by atoms with van der Waals surface area (Å²) in [4.78, 5) is 12.0. The van der Waals surface area contributed by atoms with E-state index in [9.17, 15) is 4.79 Å². The number of carbonyl (C=O) groups is 1. The van der Waals surface area contributed by atoms with Crippen LogP contribution in [0.4, 0.5) is 0 Å². The summed E-state index contributed by atoms with van der Waals surface area (Å²) in [6.45, 7) is 4.22. The summed E-state index contributed by atoms with van der Waals surface area (Å²) >= 11 is 0. The van der Waals surface area contributed by atoms with Crippen molar-refractivity contribution < 1.29 is 9.53 Å². The number of nitrogens with zero attached hydrogens (tertiary/aromatic N) is 3. The third-order valence-corrected chi connectivity index (χ3v) is 3.41. The van der Waals surface area contributed by atoms with Gasteiger partial charge in [-0.25, -0.2) is 0 Å². The number of ether oxygens (including phenoxy) is 1. The zero-order valence-electron chi connectivity index (χ0n) is 10.5. The molecule has 0 spiro atoms. The van der Waals surface area contributed by atoms with Gasteiger partial charge in [-0.2, -0.15) is 0 Å². The van der Waals surface area contributed by atoms with E-state index in [0.29, 0.717) is 12.4 Å². The first-order valence-corrected chi connectivity index (χ1v) is 6.16. The summed E-state index contributed by atoms with van der Waals surface area (Å²) in [5, 5.41) is 8.32. The molecular weight excluding hydrogens is 230 g/mol. The second-order valence-corrected chi connectivity index (χ2v) is 4.76. The highest BCUT2D eigenvalue weighted by molar-refractivity contribution is 5.85. The van der Waals surface area contributed by atoms with Crippen molar-refractivity contribution in [3.05, 3.63) is 29.7 Å². The third kappa shape index (κ3) is 1.50. The Morgan fingerprint density at radius 2 is 2.28 bits per heavy atom. The highest BCUT2D eigenvalue weighted by Crippen LogP contribution is 2.48. The maximum Gasteiger partial charge on any atom is 0.319 e. The molecule has 94 valence electrons. The van der Waals surface area contributed by atoms with E-state index in [2.05, 4.69) is 10.2 Å². The first-order valence-electron chi connectivity index (χ1n) is 6.16. The molecule has 0 amide bonds. The lowest BCUT2D eigenvalue weighted by molar-refractivity contribution is -0.146. The highest BCUT2D eigenvalue weighted by Gasteiger charge is 2.56. The smallest absolute Gasteiger partial charge is 0.319 e. The molecule has 1 aliphatic carbocycles. The van der Waals surface area contributed by atoms with Crippen LogP contribution in [0.5, 0.6) is 0 Å². The van der Waals surface area contributed by atoms with Gasteiger partial charge in [-0.05, 0) is 44.4 Å². The molecule has 1 aliphatic rings. The summed E-state index contributed by atoms with van der Waals surface area (Å²) in [5.74, 6) is 0.524. The summed E-state index contributed by atoms with van der Waals surface area (Å²) in [6, 6.07) is 3.94. The van der Waals surface area contributed by atoms with Crippen LogP contribution >= 0.6 is 0 Å². The first-order chi connectivity index (χ1) is 8.67. The number of aryl methyl sites for hydroxylation is 1. The maximum atomic E-state index is 12.0. The quantitative estimate of drug-likeness (QED) is 0.771. The van der Waals surface area contributed by atoms with Crippen molar-refractivity contribution in [2.75, 3.05) is 6.61 Å². The zero-order chi connectivity index (χ0) is 12.8. The van der Waals surface area contributed by atoms with E-state index >= 15 is 0 Å². The lowest BCUT2D eigenvalue weighted by Gasteiger charge is -2.11. The van der Waals surface area contributed by atoms with Crippen LogP contribution in [0.3, 0.4) is 0 Å². The van der Waals surface area contributed by atoms with Gasteiger partial charge in [0.2, 0.25) is 0 Å². The molecule has 2 aromatic rings. The Morgan fingerprint density at radius 3 is 2.94 bits per heavy atom. The van der Waals surface area contributed by atoms with Crippen molar-refractivity contribution in [1.82, 2.24) is 14.6 Å². The van der Waals surface area contributed by atoms with E-state index in [0.717, 1.165) is 24.1 Å². The Balaban J connectivity index is 2.07. The van der Waals surface area contributed by atoms with Crippen molar-refractivity contribution in [1.29, 1.82) is 0 Å². The molecule has 3 rings (SSSR count). The second kappa shape index (κ2) is 3.80. The molecule has 5 heteroatoms. The van der Waals surface area contributed by atoms with Gasteiger partial charge < -0.3 is 4.74 Å². The molecule has 18 heavy (non-hydrogen) atoms. The molecular formula is C13H15N3O2. The van der Waals surface area contributed by atoms with Gasteiger partial charge in [0, 0.05) is 6.20 Å². The molecule has 0 radical (unpaired) electrons. The van der Waals surface area contributed by atoms with Gasteiger partial charge in [0.15, 0.2) is 11.5 Å². The molecule has 2 aromatic heterocycles. The summed E-state index contributed by atoms with van der Waals surface area (Å²) in [6.07, 6.45) is 3.50. The molecule has 0 atom stereocenters. The van der Waals surface area contributed by atoms with E-state index in [1.807, 2.05) is 36.6 Å². The Morgan fingerprint density at radius 1 is 1.50 bits per heavy atom. The van der Waals surface area contributed by atoms with Crippen LogP contribution in [0.1, 0.15) is 31.2 Å². The van der Waals surface area contributed by atoms with Crippen LogP contribution in [0.2, 0.25) is 0 Å². The fourth-order valence-electron chi connectivity index (χ4n) is 2.23. The second-order valence-electron chi connectivity index (χ2n) is 4.76. The van der Waals surface area contributed by atoms with Crippen LogP contribution in [-0.4, -0.2) is 27.2 Å². The van der Waals surface area contributed by atoms with Crippen LogP contribution < -0.4 is 0 Å². The largest absolute Gasteiger partial charge is 0.465 e. The minimum atomic E-state index is -0.565. The number of rotatable bonds is 3. The minimum absolute atomic E-state index is 0.181. The van der Waals surface area contributed by atoms with Crippen molar-refractivity contribution in [2.24, 2.45) is 0 Å². The van der Waals surface area contributed by atoms with Gasteiger partial charge in [0.05, 0.1) is 6.61 Å². The number of hydrogen-bond acceptors (Lipinski definition) is 4. The van der Waals surface area contributed by atoms with Crippen LogP contribution in [-0.2, 0) is 14.9 Å². The summed E-state index contributed by atoms with van der Waals surface area (Å²) in [5.41, 5.74) is 1.34. The SMILES string of the molecule is CCOC(=O)C1(c2nnc3cc(C)ccn23)CC1. The zero-order valence-corrected chi connectivity index (χ0v) is 10.5. The number of carbonyl (C=O) groups excluding carboxylic acids is 1. The van der Waals surface area contributed by atoms with E-state index < -0.39 is 5.41 Å². The number of fused-ring (bicyclic) bond motifs is 1. The molecule has 1 saturated carbocycles. The van der Waals surface area contributed by atoms with Crippen LogP contribution in [0.15, 0.2) is 18.3 Å². The summed E-state index contributed by atoms with van der Waals surface area (Å²) < 4.78 is 7.03. The fourth-order valence-corrected chi connectivity index (χ4v) is 2.23. The van der Waals surface area contributed by atoms with Gasteiger partial charge in [0.25, 0.3) is 0 Å². The Labute approximate surface area is 105 Å². The molecule has 2 heterocycles. The standard InChI is InChI=1S/C13H15N3O2/c1-3-18-12(17)13(5-6-13)11-15-14-10-8-9(2)4-7-16(10)11/h4,7-8H,3,5-6H2,1-2H3. The van der Waals surface area contributed by atoms with Crippen molar-refractivity contribution in [3.8, 4) is 0 Å². The molecule has 0 N–H and O–H groups in total.